The molecule has 106 valence electrons. The SMILES string of the molecule is CCOC(=O)c1c(CNC(=N)N)n(C)c2ccccc12. The number of benzene rings is 1. The number of nitrogens with two attached hydrogens (primary N) is 1. The number of esters is 1. The number of guanidine groups is 1. The van der Waals surface area contributed by atoms with Gasteiger partial charge in [-0.25, -0.2) is 4.79 Å². The van der Waals surface area contributed by atoms with E-state index >= 15 is 0 Å². The molecule has 0 atom stereocenters. The van der Waals surface area contributed by atoms with Gasteiger partial charge in [-0.1, -0.05) is 18.2 Å². The molecule has 0 aliphatic heterocycles. The Morgan fingerprint density at radius 1 is 1.45 bits per heavy atom. The predicted molar refractivity (Wildman–Crippen MR) is 77.6 cm³/mol. The van der Waals surface area contributed by atoms with E-state index in [1.165, 1.54) is 0 Å². The van der Waals surface area contributed by atoms with Crippen molar-refractivity contribution in [2.45, 2.75) is 13.5 Å². The van der Waals surface area contributed by atoms with Crippen LogP contribution < -0.4 is 11.1 Å². The smallest absolute Gasteiger partial charge is 0.340 e. The largest absolute Gasteiger partial charge is 0.462 e. The maximum absolute atomic E-state index is 12.2. The van der Waals surface area contributed by atoms with E-state index in [4.69, 9.17) is 15.9 Å². The number of aryl methyl sites for hydroxylation is 1. The summed E-state index contributed by atoms with van der Waals surface area (Å²) in [5, 5.41) is 10.8. The van der Waals surface area contributed by atoms with Crippen LogP contribution in [0.15, 0.2) is 24.3 Å². The van der Waals surface area contributed by atoms with E-state index in [1.54, 1.807) is 6.92 Å². The number of hydrogen-bond acceptors (Lipinski definition) is 3. The van der Waals surface area contributed by atoms with E-state index in [0.717, 1.165) is 16.6 Å². The lowest BCUT2D eigenvalue weighted by Gasteiger charge is -2.09. The third kappa shape index (κ3) is 2.45. The summed E-state index contributed by atoms with van der Waals surface area (Å²) in [5.74, 6) is -0.491. The molecule has 2 aromatic rings. The molecule has 0 spiro atoms. The second-order valence-corrected chi connectivity index (χ2v) is 4.39. The molecular formula is C14H18N4O2. The van der Waals surface area contributed by atoms with Gasteiger partial charge >= 0.3 is 5.97 Å². The zero-order valence-electron chi connectivity index (χ0n) is 11.6. The van der Waals surface area contributed by atoms with Gasteiger partial charge in [0.15, 0.2) is 5.96 Å². The number of rotatable bonds is 4. The molecule has 0 unspecified atom stereocenters. The van der Waals surface area contributed by atoms with Crippen molar-refractivity contribution in [2.75, 3.05) is 6.61 Å². The highest BCUT2D eigenvalue weighted by atomic mass is 16.5. The molecule has 6 heteroatoms. The van der Waals surface area contributed by atoms with Gasteiger partial charge in [-0.2, -0.15) is 0 Å². The molecule has 20 heavy (non-hydrogen) atoms. The Bertz CT molecular complexity index is 660. The molecule has 0 bridgehead atoms. The number of nitrogens with zero attached hydrogens (tertiary/aromatic N) is 1. The highest BCUT2D eigenvalue weighted by Crippen LogP contribution is 2.26. The Morgan fingerprint density at radius 3 is 2.80 bits per heavy atom. The van der Waals surface area contributed by atoms with Crippen molar-refractivity contribution < 1.29 is 9.53 Å². The van der Waals surface area contributed by atoms with Crippen LogP contribution in [0, 0.1) is 5.41 Å². The molecule has 0 saturated heterocycles. The Balaban J connectivity index is 2.57. The Morgan fingerprint density at radius 2 is 2.15 bits per heavy atom. The van der Waals surface area contributed by atoms with E-state index in [0.29, 0.717) is 18.7 Å². The fourth-order valence-electron chi connectivity index (χ4n) is 2.26. The third-order valence-electron chi connectivity index (χ3n) is 3.15. The van der Waals surface area contributed by atoms with Gasteiger partial charge in [0.05, 0.1) is 24.4 Å². The highest BCUT2D eigenvalue weighted by Gasteiger charge is 2.21. The molecule has 0 aliphatic rings. The molecule has 2 rings (SSSR count). The average molecular weight is 274 g/mol. The molecule has 4 N–H and O–H groups in total. The highest BCUT2D eigenvalue weighted by molar-refractivity contribution is 6.06. The summed E-state index contributed by atoms with van der Waals surface area (Å²) in [5.41, 5.74) is 7.53. The Hall–Kier alpha value is -2.50. The van der Waals surface area contributed by atoms with Crippen molar-refractivity contribution in [3.8, 4) is 0 Å². The van der Waals surface area contributed by atoms with E-state index in [1.807, 2.05) is 35.9 Å². The first-order valence-corrected chi connectivity index (χ1v) is 6.37. The molecule has 6 nitrogen and oxygen atoms in total. The summed E-state index contributed by atoms with van der Waals surface area (Å²) in [6.07, 6.45) is 0. The van der Waals surface area contributed by atoms with Gasteiger partial charge < -0.3 is 20.4 Å². The zero-order chi connectivity index (χ0) is 14.7. The van der Waals surface area contributed by atoms with E-state index in [2.05, 4.69) is 5.32 Å². The van der Waals surface area contributed by atoms with Gasteiger partial charge in [-0.15, -0.1) is 0 Å². The van der Waals surface area contributed by atoms with Crippen molar-refractivity contribution in [3.63, 3.8) is 0 Å². The quantitative estimate of drug-likeness (QED) is 0.445. The van der Waals surface area contributed by atoms with Gasteiger partial charge in [-0.3, -0.25) is 5.41 Å². The van der Waals surface area contributed by atoms with E-state index < -0.39 is 0 Å². The lowest BCUT2D eigenvalue weighted by Crippen LogP contribution is -2.31. The molecule has 0 amide bonds. The lowest BCUT2D eigenvalue weighted by atomic mass is 10.1. The number of carbonyl (C=O) groups excluding carboxylic acids is 1. The Labute approximate surface area is 117 Å². The standard InChI is InChI=1S/C14H18N4O2/c1-3-20-13(19)12-9-6-4-5-7-10(9)18(2)11(12)8-17-14(15)16/h4-7H,3,8H2,1-2H3,(H4,15,16,17). The van der Waals surface area contributed by atoms with Crippen molar-refractivity contribution in [1.29, 1.82) is 5.41 Å². The van der Waals surface area contributed by atoms with E-state index in [9.17, 15) is 4.79 Å². The van der Waals surface area contributed by atoms with Crippen LogP contribution in [0.2, 0.25) is 0 Å². The van der Waals surface area contributed by atoms with Crippen molar-refractivity contribution in [3.05, 3.63) is 35.5 Å². The number of para-hydroxylation sites is 1. The summed E-state index contributed by atoms with van der Waals surface area (Å²) in [6.45, 7) is 2.40. The third-order valence-corrected chi connectivity index (χ3v) is 3.15. The molecule has 0 saturated carbocycles. The zero-order valence-corrected chi connectivity index (χ0v) is 11.6. The summed E-state index contributed by atoms with van der Waals surface area (Å²) < 4.78 is 7.05. The molecule has 0 aliphatic carbocycles. The molecule has 1 heterocycles. The fraction of sp³-hybridized carbons (Fsp3) is 0.286. The summed E-state index contributed by atoms with van der Waals surface area (Å²) in [6, 6.07) is 7.63. The first-order valence-electron chi connectivity index (χ1n) is 6.37. The second-order valence-electron chi connectivity index (χ2n) is 4.39. The second kappa shape index (κ2) is 5.64. The van der Waals surface area contributed by atoms with Crippen LogP contribution in [0.5, 0.6) is 0 Å². The molecular weight excluding hydrogens is 256 g/mol. The number of ether oxygens (including phenoxy) is 1. The molecule has 1 aromatic carbocycles. The number of aromatic nitrogens is 1. The summed E-state index contributed by atoms with van der Waals surface area (Å²) >= 11 is 0. The number of fused-ring (bicyclic) bond motifs is 1. The first-order chi connectivity index (χ1) is 9.56. The van der Waals surface area contributed by atoms with Crippen molar-refractivity contribution in [2.24, 2.45) is 12.8 Å². The minimum absolute atomic E-state index is 0.134. The van der Waals surface area contributed by atoms with Crippen LogP contribution in [0.4, 0.5) is 0 Å². The number of nitrogens with one attached hydrogen (secondary N) is 2. The number of carbonyl (C=O) groups is 1. The monoisotopic (exact) mass is 274 g/mol. The van der Waals surface area contributed by atoms with Gasteiger partial charge in [0.2, 0.25) is 0 Å². The first kappa shape index (κ1) is 13.9. The van der Waals surface area contributed by atoms with Crippen LogP contribution >= 0.6 is 0 Å². The maximum atomic E-state index is 12.2. The van der Waals surface area contributed by atoms with Crippen molar-refractivity contribution in [1.82, 2.24) is 9.88 Å². The summed E-state index contributed by atoms with van der Waals surface area (Å²) in [7, 11) is 1.88. The normalized spacial score (nSPS) is 10.5. The van der Waals surface area contributed by atoms with Crippen LogP contribution in [0.25, 0.3) is 10.9 Å². The van der Waals surface area contributed by atoms with Gasteiger partial charge in [0.1, 0.15) is 0 Å². The fourth-order valence-corrected chi connectivity index (χ4v) is 2.26. The maximum Gasteiger partial charge on any atom is 0.340 e. The van der Waals surface area contributed by atoms with Gasteiger partial charge in [0.25, 0.3) is 0 Å². The summed E-state index contributed by atoms with van der Waals surface area (Å²) in [4.78, 5) is 12.2. The average Bonchev–Trinajstić information content (AvgIpc) is 2.70. The minimum Gasteiger partial charge on any atom is -0.462 e. The molecule has 0 radical (unpaired) electrons. The molecule has 1 aromatic heterocycles. The lowest BCUT2D eigenvalue weighted by molar-refractivity contribution is 0.0527. The predicted octanol–water partition coefficient (Wildman–Crippen LogP) is 1.34. The molecule has 0 fully saturated rings. The topological polar surface area (TPSA) is 93.1 Å². The van der Waals surface area contributed by atoms with Crippen molar-refractivity contribution >= 4 is 22.8 Å². The van der Waals surface area contributed by atoms with E-state index in [-0.39, 0.29) is 11.9 Å². The van der Waals surface area contributed by atoms with Crippen LogP contribution in [0.1, 0.15) is 23.0 Å². The number of hydrogen-bond donors (Lipinski definition) is 3. The van der Waals surface area contributed by atoms with Crippen LogP contribution in [-0.2, 0) is 18.3 Å². The van der Waals surface area contributed by atoms with Gasteiger partial charge in [-0.05, 0) is 13.0 Å². The van der Waals surface area contributed by atoms with Gasteiger partial charge in [0, 0.05) is 18.0 Å². The van der Waals surface area contributed by atoms with Crippen LogP contribution in [-0.4, -0.2) is 23.1 Å². The minimum atomic E-state index is -0.357. The van der Waals surface area contributed by atoms with Crippen LogP contribution in [0.3, 0.4) is 0 Å². The Kier molecular flexibility index (Phi) is 3.93.